The maximum atomic E-state index is 12.4. The lowest BCUT2D eigenvalue weighted by atomic mass is 10.0. The summed E-state index contributed by atoms with van der Waals surface area (Å²) in [6.45, 7) is 1.83. The summed E-state index contributed by atoms with van der Waals surface area (Å²) >= 11 is 0. The van der Waals surface area contributed by atoms with Crippen LogP contribution >= 0.6 is 0 Å². The molecule has 1 aromatic rings. The number of aromatic amines is 1. The van der Waals surface area contributed by atoms with Crippen molar-refractivity contribution in [2.75, 3.05) is 5.32 Å². The summed E-state index contributed by atoms with van der Waals surface area (Å²) in [5.41, 5.74) is -0.414. The van der Waals surface area contributed by atoms with Gasteiger partial charge in [0.2, 0.25) is 5.82 Å². The molecule has 2 N–H and O–H groups in total. The standard InChI is InChI=1S/C9H10F3N3O/c1-4-2-3-5-6(13-4)14-8(9(10,11)12)15-7(5)16/h4H,2-3H2,1H3,(H2,13,14,15,16)/t4-/m0/s1. The minimum absolute atomic E-state index is 0.0304. The van der Waals surface area contributed by atoms with Crippen LogP contribution in [-0.4, -0.2) is 16.0 Å². The van der Waals surface area contributed by atoms with Crippen LogP contribution in [0.1, 0.15) is 24.7 Å². The van der Waals surface area contributed by atoms with Gasteiger partial charge in [-0.15, -0.1) is 0 Å². The predicted molar refractivity (Wildman–Crippen MR) is 51.3 cm³/mol. The van der Waals surface area contributed by atoms with Crippen molar-refractivity contribution < 1.29 is 13.2 Å². The SMILES string of the molecule is C[C@H]1CCc2c(nc(C(F)(F)F)[nH]c2=O)N1. The molecule has 0 amide bonds. The zero-order valence-corrected chi connectivity index (χ0v) is 8.48. The number of hydrogen-bond acceptors (Lipinski definition) is 3. The van der Waals surface area contributed by atoms with Crippen molar-refractivity contribution in [2.45, 2.75) is 32.0 Å². The molecule has 0 spiro atoms. The number of H-pyrrole nitrogens is 1. The van der Waals surface area contributed by atoms with Gasteiger partial charge < -0.3 is 10.3 Å². The fraction of sp³-hybridized carbons (Fsp3) is 0.556. The molecule has 1 aromatic heterocycles. The van der Waals surface area contributed by atoms with Crippen LogP contribution in [0.3, 0.4) is 0 Å². The van der Waals surface area contributed by atoms with Crippen molar-refractivity contribution in [2.24, 2.45) is 0 Å². The van der Waals surface area contributed by atoms with E-state index in [1.165, 1.54) is 0 Å². The molecule has 88 valence electrons. The fourth-order valence-electron chi connectivity index (χ4n) is 1.65. The van der Waals surface area contributed by atoms with Crippen LogP contribution in [0, 0.1) is 0 Å². The Balaban J connectivity index is 2.52. The van der Waals surface area contributed by atoms with Gasteiger partial charge in [0.1, 0.15) is 5.82 Å². The number of alkyl halides is 3. The summed E-state index contributed by atoms with van der Waals surface area (Å²) in [7, 11) is 0. The van der Waals surface area contributed by atoms with Gasteiger partial charge in [-0.25, -0.2) is 4.98 Å². The average Bonchev–Trinajstić information content (AvgIpc) is 2.15. The molecule has 0 saturated heterocycles. The van der Waals surface area contributed by atoms with Crippen LogP contribution in [-0.2, 0) is 12.6 Å². The Morgan fingerprint density at radius 1 is 1.44 bits per heavy atom. The molecule has 1 aliphatic rings. The third-order valence-electron chi connectivity index (χ3n) is 2.49. The quantitative estimate of drug-likeness (QED) is 0.714. The Bertz CT molecular complexity index is 466. The number of nitrogens with zero attached hydrogens (tertiary/aromatic N) is 1. The average molecular weight is 233 g/mol. The highest BCUT2D eigenvalue weighted by Gasteiger charge is 2.35. The number of anilines is 1. The monoisotopic (exact) mass is 233 g/mol. The first-order valence-corrected chi connectivity index (χ1v) is 4.85. The van der Waals surface area contributed by atoms with Crippen LogP contribution < -0.4 is 10.9 Å². The van der Waals surface area contributed by atoms with Gasteiger partial charge in [-0.05, 0) is 19.8 Å². The third-order valence-corrected chi connectivity index (χ3v) is 2.49. The smallest absolute Gasteiger partial charge is 0.367 e. The molecule has 0 fully saturated rings. The van der Waals surface area contributed by atoms with E-state index in [1.54, 1.807) is 4.98 Å². The van der Waals surface area contributed by atoms with E-state index in [0.29, 0.717) is 18.4 Å². The van der Waals surface area contributed by atoms with Crippen LogP contribution in [0.2, 0.25) is 0 Å². The minimum Gasteiger partial charge on any atom is -0.367 e. The van der Waals surface area contributed by atoms with Crippen LogP contribution in [0.4, 0.5) is 19.0 Å². The van der Waals surface area contributed by atoms with Gasteiger partial charge in [0, 0.05) is 6.04 Å². The number of hydrogen-bond donors (Lipinski definition) is 2. The lowest BCUT2D eigenvalue weighted by Crippen LogP contribution is -2.31. The lowest BCUT2D eigenvalue weighted by molar-refractivity contribution is -0.145. The number of fused-ring (bicyclic) bond motifs is 1. The molecule has 1 aliphatic heterocycles. The molecule has 0 unspecified atom stereocenters. The molecule has 2 rings (SSSR count). The number of nitrogens with one attached hydrogen (secondary N) is 2. The van der Waals surface area contributed by atoms with Gasteiger partial charge in [-0.3, -0.25) is 4.79 Å². The summed E-state index contributed by atoms with van der Waals surface area (Å²) in [5.74, 6) is -1.20. The minimum atomic E-state index is -4.63. The predicted octanol–water partition coefficient (Wildman–Crippen LogP) is 1.54. The summed E-state index contributed by atoms with van der Waals surface area (Å²) < 4.78 is 37.1. The summed E-state index contributed by atoms with van der Waals surface area (Å²) in [4.78, 5) is 16.6. The van der Waals surface area contributed by atoms with E-state index < -0.39 is 17.6 Å². The maximum absolute atomic E-state index is 12.4. The Morgan fingerprint density at radius 3 is 2.75 bits per heavy atom. The zero-order valence-electron chi connectivity index (χ0n) is 8.48. The van der Waals surface area contributed by atoms with E-state index in [9.17, 15) is 18.0 Å². The summed E-state index contributed by atoms with van der Waals surface area (Å²) in [5, 5.41) is 2.78. The summed E-state index contributed by atoms with van der Waals surface area (Å²) in [6, 6.07) is 0.0304. The number of halogens is 3. The molecule has 0 bridgehead atoms. The van der Waals surface area contributed by atoms with Crippen molar-refractivity contribution in [1.82, 2.24) is 9.97 Å². The molecule has 0 saturated carbocycles. The van der Waals surface area contributed by atoms with Crippen molar-refractivity contribution in [3.8, 4) is 0 Å². The first kappa shape index (κ1) is 11.0. The Morgan fingerprint density at radius 2 is 2.12 bits per heavy atom. The van der Waals surface area contributed by atoms with E-state index in [2.05, 4.69) is 10.3 Å². The van der Waals surface area contributed by atoms with E-state index >= 15 is 0 Å². The third kappa shape index (κ3) is 1.89. The fourth-order valence-corrected chi connectivity index (χ4v) is 1.65. The number of aromatic nitrogens is 2. The van der Waals surface area contributed by atoms with Gasteiger partial charge >= 0.3 is 6.18 Å². The number of rotatable bonds is 0. The van der Waals surface area contributed by atoms with Crippen LogP contribution in [0.25, 0.3) is 0 Å². The second-order valence-corrected chi connectivity index (χ2v) is 3.82. The van der Waals surface area contributed by atoms with Gasteiger partial charge in [-0.2, -0.15) is 13.2 Å². The van der Waals surface area contributed by atoms with E-state index in [-0.39, 0.29) is 11.9 Å². The lowest BCUT2D eigenvalue weighted by Gasteiger charge is -2.22. The Hall–Kier alpha value is -1.53. The Labute approximate surface area is 88.9 Å². The largest absolute Gasteiger partial charge is 0.449 e. The van der Waals surface area contributed by atoms with Crippen molar-refractivity contribution in [1.29, 1.82) is 0 Å². The molecule has 0 aliphatic carbocycles. The molecule has 16 heavy (non-hydrogen) atoms. The molecule has 2 heterocycles. The zero-order chi connectivity index (χ0) is 11.9. The van der Waals surface area contributed by atoms with E-state index in [0.717, 1.165) is 0 Å². The first-order valence-electron chi connectivity index (χ1n) is 4.85. The molecule has 1 atom stereocenters. The molecule has 7 heteroatoms. The van der Waals surface area contributed by atoms with Gasteiger partial charge in [0.05, 0.1) is 5.56 Å². The second kappa shape index (κ2) is 3.50. The maximum Gasteiger partial charge on any atom is 0.449 e. The van der Waals surface area contributed by atoms with Crippen LogP contribution in [0.15, 0.2) is 4.79 Å². The highest BCUT2D eigenvalue weighted by molar-refractivity contribution is 5.46. The van der Waals surface area contributed by atoms with E-state index in [1.807, 2.05) is 6.92 Å². The highest BCUT2D eigenvalue weighted by Crippen LogP contribution is 2.28. The van der Waals surface area contributed by atoms with E-state index in [4.69, 9.17) is 0 Å². The van der Waals surface area contributed by atoms with Gasteiger partial charge in [0.15, 0.2) is 0 Å². The molecular weight excluding hydrogens is 223 g/mol. The van der Waals surface area contributed by atoms with Gasteiger partial charge in [-0.1, -0.05) is 0 Å². The first-order chi connectivity index (χ1) is 7.38. The normalized spacial score (nSPS) is 20.1. The molecule has 0 radical (unpaired) electrons. The Kier molecular flexibility index (Phi) is 2.40. The molecular formula is C9H10F3N3O. The van der Waals surface area contributed by atoms with Gasteiger partial charge in [0.25, 0.3) is 5.56 Å². The highest BCUT2D eigenvalue weighted by atomic mass is 19.4. The second-order valence-electron chi connectivity index (χ2n) is 3.82. The molecule has 0 aromatic carbocycles. The van der Waals surface area contributed by atoms with Crippen molar-refractivity contribution >= 4 is 5.82 Å². The topological polar surface area (TPSA) is 57.8 Å². The van der Waals surface area contributed by atoms with Crippen LogP contribution in [0.5, 0.6) is 0 Å². The van der Waals surface area contributed by atoms with Crippen molar-refractivity contribution in [3.05, 3.63) is 21.7 Å². The summed E-state index contributed by atoms with van der Waals surface area (Å²) in [6.07, 6.45) is -3.47. The molecule has 4 nitrogen and oxygen atoms in total. The van der Waals surface area contributed by atoms with Crippen molar-refractivity contribution in [3.63, 3.8) is 0 Å².